The number of benzene rings is 2. The fourth-order valence-corrected chi connectivity index (χ4v) is 2.20. The van der Waals surface area contributed by atoms with Gasteiger partial charge in [-0.3, -0.25) is 4.79 Å². The van der Waals surface area contributed by atoms with Crippen LogP contribution in [0.2, 0.25) is 0 Å². The standard InChI is InChI=1S/C19H17N3O/c1-14-6-5-7-15(12-14)19(23)22-18-11-10-17(13-20-18)21-16-8-3-2-4-9-16/h2-13,21H,1H3,(H,20,22,23). The van der Waals surface area contributed by atoms with Gasteiger partial charge in [0.1, 0.15) is 5.82 Å². The zero-order chi connectivity index (χ0) is 16.1. The summed E-state index contributed by atoms with van der Waals surface area (Å²) >= 11 is 0. The number of rotatable bonds is 4. The van der Waals surface area contributed by atoms with E-state index >= 15 is 0 Å². The van der Waals surface area contributed by atoms with E-state index in [2.05, 4.69) is 15.6 Å². The van der Waals surface area contributed by atoms with Crippen LogP contribution in [0.3, 0.4) is 0 Å². The van der Waals surface area contributed by atoms with E-state index in [1.165, 1.54) is 0 Å². The van der Waals surface area contributed by atoms with Gasteiger partial charge in [0.2, 0.25) is 0 Å². The summed E-state index contributed by atoms with van der Waals surface area (Å²) < 4.78 is 0. The summed E-state index contributed by atoms with van der Waals surface area (Å²) in [6, 6.07) is 21.0. The Kier molecular flexibility index (Phi) is 4.34. The zero-order valence-electron chi connectivity index (χ0n) is 12.8. The van der Waals surface area contributed by atoms with E-state index in [1.807, 2.05) is 61.5 Å². The number of pyridine rings is 1. The average molecular weight is 303 g/mol. The number of hydrogen-bond donors (Lipinski definition) is 2. The molecule has 0 radical (unpaired) electrons. The van der Waals surface area contributed by atoms with E-state index in [0.717, 1.165) is 16.9 Å². The van der Waals surface area contributed by atoms with E-state index in [9.17, 15) is 4.79 Å². The lowest BCUT2D eigenvalue weighted by molar-refractivity contribution is 0.102. The van der Waals surface area contributed by atoms with Crippen molar-refractivity contribution < 1.29 is 4.79 Å². The largest absolute Gasteiger partial charge is 0.354 e. The summed E-state index contributed by atoms with van der Waals surface area (Å²) in [6.07, 6.45) is 1.69. The lowest BCUT2D eigenvalue weighted by Gasteiger charge is -2.08. The molecular weight excluding hydrogens is 286 g/mol. The zero-order valence-corrected chi connectivity index (χ0v) is 12.8. The Morgan fingerprint density at radius 2 is 1.74 bits per heavy atom. The van der Waals surface area contributed by atoms with Crippen molar-refractivity contribution in [2.75, 3.05) is 10.6 Å². The molecule has 1 aromatic heterocycles. The van der Waals surface area contributed by atoms with Gasteiger partial charge in [-0.15, -0.1) is 0 Å². The van der Waals surface area contributed by atoms with Crippen molar-refractivity contribution in [2.45, 2.75) is 6.92 Å². The molecule has 0 aliphatic rings. The molecule has 0 spiro atoms. The van der Waals surface area contributed by atoms with E-state index in [4.69, 9.17) is 0 Å². The van der Waals surface area contributed by atoms with E-state index < -0.39 is 0 Å². The van der Waals surface area contributed by atoms with E-state index in [-0.39, 0.29) is 5.91 Å². The first kappa shape index (κ1) is 14.8. The highest BCUT2D eigenvalue weighted by atomic mass is 16.1. The number of nitrogens with zero attached hydrogens (tertiary/aromatic N) is 1. The summed E-state index contributed by atoms with van der Waals surface area (Å²) in [6.45, 7) is 1.96. The highest BCUT2D eigenvalue weighted by molar-refractivity contribution is 6.03. The molecule has 0 saturated heterocycles. The summed E-state index contributed by atoms with van der Waals surface area (Å²) in [4.78, 5) is 16.4. The number of carbonyl (C=O) groups is 1. The molecular formula is C19H17N3O. The molecule has 0 bridgehead atoms. The van der Waals surface area contributed by atoms with Gasteiger partial charge < -0.3 is 10.6 Å². The van der Waals surface area contributed by atoms with Gasteiger partial charge in [0, 0.05) is 11.3 Å². The molecule has 0 fully saturated rings. The molecule has 0 unspecified atom stereocenters. The monoisotopic (exact) mass is 303 g/mol. The Hall–Kier alpha value is -3.14. The second-order valence-electron chi connectivity index (χ2n) is 5.25. The molecule has 4 heteroatoms. The number of nitrogens with one attached hydrogen (secondary N) is 2. The number of hydrogen-bond acceptors (Lipinski definition) is 3. The number of aryl methyl sites for hydroxylation is 1. The molecule has 2 aromatic carbocycles. The van der Waals surface area contributed by atoms with Crippen LogP contribution in [0.15, 0.2) is 72.9 Å². The lowest BCUT2D eigenvalue weighted by atomic mass is 10.1. The van der Waals surface area contributed by atoms with Crippen molar-refractivity contribution in [3.8, 4) is 0 Å². The molecule has 0 saturated carbocycles. The molecule has 114 valence electrons. The Morgan fingerprint density at radius 3 is 2.43 bits per heavy atom. The number of aromatic nitrogens is 1. The summed E-state index contributed by atoms with van der Waals surface area (Å²) in [5, 5.41) is 6.05. The smallest absolute Gasteiger partial charge is 0.256 e. The van der Waals surface area contributed by atoms with Crippen molar-refractivity contribution in [2.24, 2.45) is 0 Å². The van der Waals surface area contributed by atoms with E-state index in [0.29, 0.717) is 11.4 Å². The van der Waals surface area contributed by atoms with Crippen LogP contribution in [0.1, 0.15) is 15.9 Å². The molecule has 1 heterocycles. The maximum atomic E-state index is 12.2. The van der Waals surface area contributed by atoms with Gasteiger partial charge in [-0.2, -0.15) is 0 Å². The number of amides is 1. The van der Waals surface area contributed by atoms with Crippen molar-refractivity contribution >= 4 is 23.1 Å². The van der Waals surface area contributed by atoms with Gasteiger partial charge in [0.05, 0.1) is 11.9 Å². The Balaban J connectivity index is 1.67. The highest BCUT2D eigenvalue weighted by Crippen LogP contribution is 2.17. The third-order valence-electron chi connectivity index (χ3n) is 3.35. The lowest BCUT2D eigenvalue weighted by Crippen LogP contribution is -2.13. The van der Waals surface area contributed by atoms with E-state index in [1.54, 1.807) is 18.3 Å². The maximum Gasteiger partial charge on any atom is 0.256 e. The first-order valence-electron chi connectivity index (χ1n) is 7.37. The molecule has 3 rings (SSSR count). The van der Waals surface area contributed by atoms with Crippen LogP contribution in [-0.2, 0) is 0 Å². The van der Waals surface area contributed by atoms with Gasteiger partial charge in [-0.05, 0) is 43.3 Å². The fourth-order valence-electron chi connectivity index (χ4n) is 2.20. The maximum absolute atomic E-state index is 12.2. The molecule has 23 heavy (non-hydrogen) atoms. The first-order chi connectivity index (χ1) is 11.2. The van der Waals surface area contributed by atoms with Crippen LogP contribution >= 0.6 is 0 Å². The SMILES string of the molecule is Cc1cccc(C(=O)Nc2ccc(Nc3ccccc3)cn2)c1. The molecule has 0 aliphatic heterocycles. The van der Waals surface area contributed by atoms with Gasteiger partial charge in [0.15, 0.2) is 0 Å². The van der Waals surface area contributed by atoms with Crippen LogP contribution in [0, 0.1) is 6.92 Å². The minimum absolute atomic E-state index is 0.162. The van der Waals surface area contributed by atoms with Gasteiger partial charge in [-0.1, -0.05) is 35.9 Å². The minimum Gasteiger partial charge on any atom is -0.354 e. The molecule has 0 atom stereocenters. The Morgan fingerprint density at radius 1 is 0.913 bits per heavy atom. The number of carbonyl (C=O) groups excluding carboxylic acids is 1. The molecule has 0 aliphatic carbocycles. The topological polar surface area (TPSA) is 54.0 Å². The van der Waals surface area contributed by atoms with Gasteiger partial charge in [0.25, 0.3) is 5.91 Å². The average Bonchev–Trinajstić information content (AvgIpc) is 2.57. The normalized spacial score (nSPS) is 10.1. The first-order valence-corrected chi connectivity index (χ1v) is 7.37. The summed E-state index contributed by atoms with van der Waals surface area (Å²) in [7, 11) is 0. The minimum atomic E-state index is -0.162. The van der Waals surface area contributed by atoms with Crippen LogP contribution in [0.4, 0.5) is 17.2 Å². The van der Waals surface area contributed by atoms with Gasteiger partial charge in [-0.25, -0.2) is 4.98 Å². The Labute approximate surface area is 135 Å². The predicted octanol–water partition coefficient (Wildman–Crippen LogP) is 4.39. The van der Waals surface area contributed by atoms with Crippen molar-refractivity contribution in [1.82, 2.24) is 4.98 Å². The predicted molar refractivity (Wildman–Crippen MR) is 93.1 cm³/mol. The van der Waals surface area contributed by atoms with Crippen LogP contribution in [0.5, 0.6) is 0 Å². The summed E-state index contributed by atoms with van der Waals surface area (Å²) in [5.41, 5.74) is 3.53. The number of anilines is 3. The summed E-state index contributed by atoms with van der Waals surface area (Å²) in [5.74, 6) is 0.361. The molecule has 4 nitrogen and oxygen atoms in total. The third-order valence-corrected chi connectivity index (χ3v) is 3.35. The Bertz CT molecular complexity index is 798. The fraction of sp³-hybridized carbons (Fsp3) is 0.0526. The van der Waals surface area contributed by atoms with Crippen LogP contribution in [0.25, 0.3) is 0 Å². The third kappa shape index (κ3) is 3.95. The molecule has 2 N–H and O–H groups in total. The quantitative estimate of drug-likeness (QED) is 0.751. The van der Waals surface area contributed by atoms with Crippen molar-refractivity contribution in [3.05, 3.63) is 84.1 Å². The second-order valence-corrected chi connectivity index (χ2v) is 5.25. The van der Waals surface area contributed by atoms with Gasteiger partial charge >= 0.3 is 0 Å². The second kappa shape index (κ2) is 6.75. The number of para-hydroxylation sites is 1. The molecule has 1 amide bonds. The van der Waals surface area contributed by atoms with Crippen LogP contribution in [-0.4, -0.2) is 10.9 Å². The van der Waals surface area contributed by atoms with Crippen molar-refractivity contribution in [3.63, 3.8) is 0 Å². The highest BCUT2D eigenvalue weighted by Gasteiger charge is 2.06. The molecule has 3 aromatic rings. The van der Waals surface area contributed by atoms with Crippen molar-refractivity contribution in [1.29, 1.82) is 0 Å². The van der Waals surface area contributed by atoms with Crippen LogP contribution < -0.4 is 10.6 Å².